The number of aromatic nitrogens is 2. The van der Waals surface area contributed by atoms with Gasteiger partial charge in [0.25, 0.3) is 5.56 Å². The molecule has 0 saturated heterocycles. The minimum Gasteiger partial charge on any atom is -0.494 e. The molecule has 0 unspecified atom stereocenters. The second-order valence-electron chi connectivity index (χ2n) is 6.44. The van der Waals surface area contributed by atoms with E-state index in [1.165, 1.54) is 18.7 Å². The Labute approximate surface area is 173 Å². The standard InChI is InChI=1S/C22H22N2O4S/c1-3-28-19-10-9-16(14(2)25)11-17(19)12-18-20(26)23-22(24-21(18)27)29-13-15-7-5-4-6-8-15/h4-11H,3,12-13H2,1-2H3,(H2,23,24,26,27). The van der Waals surface area contributed by atoms with E-state index >= 15 is 0 Å². The molecule has 0 saturated carbocycles. The van der Waals surface area contributed by atoms with Gasteiger partial charge >= 0.3 is 0 Å². The van der Waals surface area contributed by atoms with Gasteiger partial charge in [0.2, 0.25) is 5.88 Å². The molecule has 6 nitrogen and oxygen atoms in total. The summed E-state index contributed by atoms with van der Waals surface area (Å²) >= 11 is 1.34. The van der Waals surface area contributed by atoms with Crippen molar-refractivity contribution in [3.8, 4) is 11.6 Å². The van der Waals surface area contributed by atoms with E-state index in [4.69, 9.17) is 4.74 Å². The molecule has 1 heterocycles. The van der Waals surface area contributed by atoms with Crippen LogP contribution in [0.15, 0.2) is 58.5 Å². The summed E-state index contributed by atoms with van der Waals surface area (Å²) in [6, 6.07) is 14.9. The molecule has 0 aliphatic heterocycles. The second-order valence-corrected chi connectivity index (χ2v) is 7.40. The second kappa shape index (κ2) is 9.43. The number of hydrogen-bond donors (Lipinski definition) is 2. The van der Waals surface area contributed by atoms with Crippen molar-refractivity contribution < 1.29 is 14.6 Å². The quantitative estimate of drug-likeness (QED) is 0.332. The molecule has 2 aromatic carbocycles. The van der Waals surface area contributed by atoms with E-state index in [0.717, 1.165) is 5.56 Å². The maximum atomic E-state index is 12.6. The molecule has 0 fully saturated rings. The predicted octanol–water partition coefficient (Wildman–Crippen LogP) is 3.96. The first-order valence-electron chi connectivity index (χ1n) is 9.23. The molecule has 150 valence electrons. The fourth-order valence-corrected chi connectivity index (χ4v) is 3.65. The van der Waals surface area contributed by atoms with Crippen LogP contribution in [0, 0.1) is 0 Å². The highest BCUT2D eigenvalue weighted by Gasteiger charge is 2.16. The maximum Gasteiger partial charge on any atom is 0.258 e. The van der Waals surface area contributed by atoms with Gasteiger partial charge in [0.1, 0.15) is 5.75 Å². The number of ketones is 1. The van der Waals surface area contributed by atoms with Crippen LogP contribution in [-0.4, -0.2) is 27.5 Å². The van der Waals surface area contributed by atoms with E-state index < -0.39 is 5.56 Å². The van der Waals surface area contributed by atoms with Crippen LogP contribution >= 0.6 is 11.8 Å². The van der Waals surface area contributed by atoms with E-state index in [1.807, 2.05) is 37.3 Å². The number of aromatic hydroxyl groups is 1. The van der Waals surface area contributed by atoms with Gasteiger partial charge in [0, 0.05) is 17.7 Å². The van der Waals surface area contributed by atoms with Gasteiger partial charge in [0.15, 0.2) is 10.9 Å². The molecule has 3 rings (SSSR count). The summed E-state index contributed by atoms with van der Waals surface area (Å²) in [7, 11) is 0. The number of carbonyl (C=O) groups excluding carboxylic acids is 1. The fourth-order valence-electron chi connectivity index (χ4n) is 2.84. The number of benzene rings is 2. The molecule has 0 aliphatic carbocycles. The minimum absolute atomic E-state index is 0.0850. The number of Topliss-reactive ketones (excluding diaryl/α,β-unsaturated/α-hetero) is 1. The van der Waals surface area contributed by atoms with E-state index in [-0.39, 0.29) is 23.6 Å². The maximum absolute atomic E-state index is 12.6. The monoisotopic (exact) mass is 410 g/mol. The predicted molar refractivity (Wildman–Crippen MR) is 113 cm³/mol. The fraction of sp³-hybridized carbons (Fsp3) is 0.227. The molecule has 7 heteroatoms. The Hall–Kier alpha value is -3.06. The number of carbonyl (C=O) groups is 1. The number of thioether (sulfide) groups is 1. The number of hydrogen-bond acceptors (Lipinski definition) is 6. The van der Waals surface area contributed by atoms with Gasteiger partial charge < -0.3 is 14.8 Å². The summed E-state index contributed by atoms with van der Waals surface area (Å²) in [6.07, 6.45) is 0.105. The molecule has 3 aromatic rings. The Balaban J connectivity index is 1.85. The van der Waals surface area contributed by atoms with Crippen LogP contribution in [0.25, 0.3) is 0 Å². The highest BCUT2D eigenvalue weighted by atomic mass is 32.2. The highest BCUT2D eigenvalue weighted by Crippen LogP contribution is 2.26. The number of nitrogens with one attached hydrogen (secondary N) is 1. The van der Waals surface area contributed by atoms with Crippen LogP contribution in [0.5, 0.6) is 11.6 Å². The van der Waals surface area contributed by atoms with Crippen molar-refractivity contribution in [2.45, 2.75) is 31.2 Å². The van der Waals surface area contributed by atoms with Gasteiger partial charge in [-0.15, -0.1) is 0 Å². The molecule has 29 heavy (non-hydrogen) atoms. The van der Waals surface area contributed by atoms with E-state index in [0.29, 0.717) is 34.4 Å². The Morgan fingerprint density at radius 3 is 2.62 bits per heavy atom. The first-order chi connectivity index (χ1) is 14.0. The Morgan fingerprint density at radius 2 is 1.97 bits per heavy atom. The number of rotatable bonds is 8. The van der Waals surface area contributed by atoms with Crippen molar-refractivity contribution in [3.63, 3.8) is 0 Å². The number of ether oxygens (including phenoxy) is 1. The number of nitrogens with zero attached hydrogens (tertiary/aromatic N) is 1. The summed E-state index contributed by atoms with van der Waals surface area (Å²) in [6.45, 7) is 3.78. The molecule has 2 N–H and O–H groups in total. The third-order valence-corrected chi connectivity index (χ3v) is 5.27. The average molecular weight is 410 g/mol. The Bertz CT molecular complexity index is 1060. The van der Waals surface area contributed by atoms with E-state index in [1.54, 1.807) is 18.2 Å². The van der Waals surface area contributed by atoms with Crippen LogP contribution in [0.2, 0.25) is 0 Å². The molecular weight excluding hydrogens is 388 g/mol. The lowest BCUT2D eigenvalue weighted by atomic mass is 10.0. The molecule has 0 amide bonds. The highest BCUT2D eigenvalue weighted by molar-refractivity contribution is 7.98. The lowest BCUT2D eigenvalue weighted by Crippen LogP contribution is -2.16. The van der Waals surface area contributed by atoms with Crippen LogP contribution in [0.3, 0.4) is 0 Å². The third kappa shape index (κ3) is 5.26. The molecule has 0 bridgehead atoms. The first kappa shape index (κ1) is 20.7. The van der Waals surface area contributed by atoms with Crippen LogP contribution in [-0.2, 0) is 12.2 Å². The normalized spacial score (nSPS) is 10.7. The lowest BCUT2D eigenvalue weighted by molar-refractivity contribution is 0.101. The van der Waals surface area contributed by atoms with Gasteiger partial charge in [-0.2, -0.15) is 4.98 Å². The minimum atomic E-state index is -0.413. The molecule has 0 radical (unpaired) electrons. The molecular formula is C22H22N2O4S. The summed E-state index contributed by atoms with van der Waals surface area (Å²) in [4.78, 5) is 31.2. The zero-order valence-corrected chi connectivity index (χ0v) is 17.1. The zero-order valence-electron chi connectivity index (χ0n) is 16.3. The number of aromatic amines is 1. The van der Waals surface area contributed by atoms with Crippen molar-refractivity contribution in [3.05, 3.63) is 81.1 Å². The Morgan fingerprint density at radius 1 is 1.21 bits per heavy atom. The van der Waals surface area contributed by atoms with Gasteiger partial charge in [-0.1, -0.05) is 42.1 Å². The number of H-pyrrole nitrogens is 1. The first-order valence-corrected chi connectivity index (χ1v) is 10.2. The summed E-state index contributed by atoms with van der Waals surface area (Å²) in [5, 5.41) is 10.7. The molecule has 0 aliphatic rings. The van der Waals surface area contributed by atoms with Crippen LogP contribution in [0.1, 0.15) is 40.9 Å². The topological polar surface area (TPSA) is 92.3 Å². The molecule has 0 atom stereocenters. The molecule has 1 aromatic heterocycles. The van der Waals surface area contributed by atoms with Crippen molar-refractivity contribution in [2.24, 2.45) is 0 Å². The van der Waals surface area contributed by atoms with Gasteiger partial charge in [-0.3, -0.25) is 9.59 Å². The van der Waals surface area contributed by atoms with Crippen LogP contribution < -0.4 is 10.3 Å². The van der Waals surface area contributed by atoms with Gasteiger partial charge in [-0.25, -0.2) is 0 Å². The van der Waals surface area contributed by atoms with Crippen molar-refractivity contribution in [1.29, 1.82) is 0 Å². The van der Waals surface area contributed by atoms with E-state index in [2.05, 4.69) is 9.97 Å². The van der Waals surface area contributed by atoms with Gasteiger partial charge in [0.05, 0.1) is 12.2 Å². The summed E-state index contributed by atoms with van der Waals surface area (Å²) in [5.41, 5.74) is 1.97. The lowest BCUT2D eigenvalue weighted by Gasteiger charge is -2.12. The van der Waals surface area contributed by atoms with Gasteiger partial charge in [-0.05, 0) is 43.2 Å². The average Bonchev–Trinajstić information content (AvgIpc) is 2.71. The zero-order chi connectivity index (χ0) is 20.8. The molecule has 0 spiro atoms. The Kier molecular flexibility index (Phi) is 6.72. The summed E-state index contributed by atoms with van der Waals surface area (Å²) in [5.74, 6) is 0.787. The largest absolute Gasteiger partial charge is 0.494 e. The third-order valence-electron chi connectivity index (χ3n) is 4.32. The smallest absolute Gasteiger partial charge is 0.258 e. The van der Waals surface area contributed by atoms with E-state index in [9.17, 15) is 14.7 Å². The van der Waals surface area contributed by atoms with Crippen molar-refractivity contribution >= 4 is 17.5 Å². The van der Waals surface area contributed by atoms with Crippen molar-refractivity contribution in [2.75, 3.05) is 6.61 Å². The summed E-state index contributed by atoms with van der Waals surface area (Å²) < 4.78 is 5.61. The van der Waals surface area contributed by atoms with Crippen molar-refractivity contribution in [1.82, 2.24) is 9.97 Å². The SMILES string of the molecule is CCOc1ccc(C(C)=O)cc1Cc1c(O)nc(SCc2ccccc2)[nH]c1=O. The van der Waals surface area contributed by atoms with Crippen LogP contribution in [0.4, 0.5) is 0 Å².